The van der Waals surface area contributed by atoms with Gasteiger partial charge in [-0.05, 0) is 64.0 Å². The van der Waals surface area contributed by atoms with Crippen LogP contribution in [0.5, 0.6) is 0 Å². The van der Waals surface area contributed by atoms with Gasteiger partial charge in [-0.25, -0.2) is 4.79 Å². The highest BCUT2D eigenvalue weighted by molar-refractivity contribution is 5.88. The normalized spacial score (nSPS) is 18.5. The van der Waals surface area contributed by atoms with Gasteiger partial charge in [-0.1, -0.05) is 6.07 Å². The molecule has 0 saturated carbocycles. The summed E-state index contributed by atoms with van der Waals surface area (Å²) in [5.74, 6) is 0.693. The average Bonchev–Trinajstić information content (AvgIpc) is 2.39. The van der Waals surface area contributed by atoms with Crippen molar-refractivity contribution in [2.75, 3.05) is 30.8 Å². The molecule has 4 N–H and O–H groups in total. The minimum Gasteiger partial charge on any atom is -0.382 e. The number of likely N-dealkylation sites (tertiary alicyclic amines) is 1. The second-order valence-corrected chi connectivity index (χ2v) is 5.64. The third-order valence-electron chi connectivity index (χ3n) is 3.99. The van der Waals surface area contributed by atoms with Crippen molar-refractivity contribution in [3.05, 3.63) is 24.3 Å². The molecule has 1 heterocycles. The maximum absolute atomic E-state index is 10.9. The number of hydrogen-bond acceptors (Lipinski definition) is 3. The Kier molecular flexibility index (Phi) is 4.84. The maximum atomic E-state index is 10.9. The Bertz CT molecular complexity index is 455. The van der Waals surface area contributed by atoms with Crippen LogP contribution in [0, 0.1) is 5.92 Å². The molecule has 1 unspecified atom stereocenters. The fourth-order valence-electron chi connectivity index (χ4n) is 2.74. The Labute approximate surface area is 120 Å². The molecule has 0 aromatic heterocycles. The van der Waals surface area contributed by atoms with Crippen molar-refractivity contribution < 1.29 is 4.79 Å². The lowest BCUT2D eigenvalue weighted by Gasteiger charge is -2.33. The summed E-state index contributed by atoms with van der Waals surface area (Å²) < 4.78 is 0. The van der Waals surface area contributed by atoms with E-state index in [9.17, 15) is 4.79 Å². The summed E-state index contributed by atoms with van der Waals surface area (Å²) >= 11 is 0. The van der Waals surface area contributed by atoms with E-state index < -0.39 is 6.03 Å². The van der Waals surface area contributed by atoms with E-state index >= 15 is 0 Å². The molecule has 5 heteroatoms. The molecule has 2 amide bonds. The Morgan fingerprint density at radius 1 is 1.35 bits per heavy atom. The number of nitrogens with zero attached hydrogens (tertiary/aromatic N) is 1. The Morgan fingerprint density at radius 3 is 2.65 bits per heavy atom. The van der Waals surface area contributed by atoms with Crippen LogP contribution in [0.2, 0.25) is 0 Å². The van der Waals surface area contributed by atoms with Gasteiger partial charge >= 0.3 is 6.03 Å². The monoisotopic (exact) mass is 276 g/mol. The number of primary amides is 1. The summed E-state index contributed by atoms with van der Waals surface area (Å²) in [6.07, 6.45) is 2.45. The van der Waals surface area contributed by atoms with Crippen LogP contribution in [0.3, 0.4) is 0 Å². The number of rotatable bonds is 4. The molecular formula is C15H24N4O. The lowest BCUT2D eigenvalue weighted by molar-refractivity contribution is 0.208. The van der Waals surface area contributed by atoms with Gasteiger partial charge in [0.05, 0.1) is 0 Å². The smallest absolute Gasteiger partial charge is 0.316 e. The zero-order chi connectivity index (χ0) is 14.5. The van der Waals surface area contributed by atoms with Crippen LogP contribution in [0.1, 0.15) is 19.8 Å². The van der Waals surface area contributed by atoms with E-state index in [1.807, 2.05) is 24.3 Å². The van der Waals surface area contributed by atoms with Gasteiger partial charge in [0.1, 0.15) is 0 Å². The molecule has 1 fully saturated rings. The van der Waals surface area contributed by atoms with Gasteiger partial charge in [0.15, 0.2) is 0 Å². The van der Waals surface area contributed by atoms with E-state index in [-0.39, 0.29) is 0 Å². The van der Waals surface area contributed by atoms with Crippen molar-refractivity contribution in [3.8, 4) is 0 Å². The molecule has 0 aliphatic carbocycles. The zero-order valence-electron chi connectivity index (χ0n) is 12.2. The van der Waals surface area contributed by atoms with Crippen molar-refractivity contribution in [1.82, 2.24) is 4.90 Å². The van der Waals surface area contributed by atoms with Crippen LogP contribution in [-0.2, 0) is 0 Å². The van der Waals surface area contributed by atoms with Gasteiger partial charge in [0, 0.05) is 17.4 Å². The van der Waals surface area contributed by atoms with Gasteiger partial charge in [-0.3, -0.25) is 0 Å². The number of anilines is 2. The minimum atomic E-state index is -0.537. The number of piperidine rings is 1. The van der Waals surface area contributed by atoms with E-state index in [0.29, 0.717) is 12.0 Å². The van der Waals surface area contributed by atoms with Gasteiger partial charge in [0.25, 0.3) is 0 Å². The van der Waals surface area contributed by atoms with Gasteiger partial charge < -0.3 is 21.3 Å². The van der Waals surface area contributed by atoms with Crippen LogP contribution >= 0.6 is 0 Å². The van der Waals surface area contributed by atoms with E-state index in [4.69, 9.17) is 5.73 Å². The standard InChI is InChI=1S/C15H24N4O/c1-11(12-6-8-19(2)9-7-12)17-13-4-3-5-14(10-13)18-15(16)20/h3-5,10-12,17H,6-9H2,1-2H3,(H3,16,18,20). The Morgan fingerprint density at radius 2 is 2.00 bits per heavy atom. The van der Waals surface area contributed by atoms with Crippen LogP contribution in [0.25, 0.3) is 0 Å². The van der Waals surface area contributed by atoms with Crippen molar-refractivity contribution in [1.29, 1.82) is 0 Å². The molecule has 1 aliphatic rings. The molecule has 2 rings (SSSR count). The topological polar surface area (TPSA) is 70.4 Å². The van der Waals surface area contributed by atoms with E-state index in [1.165, 1.54) is 25.9 Å². The molecule has 1 atom stereocenters. The number of amides is 2. The fourth-order valence-corrected chi connectivity index (χ4v) is 2.74. The predicted octanol–water partition coefficient (Wildman–Crippen LogP) is 2.32. The van der Waals surface area contributed by atoms with E-state index in [0.717, 1.165) is 11.4 Å². The van der Waals surface area contributed by atoms with Gasteiger partial charge in [-0.2, -0.15) is 0 Å². The quantitative estimate of drug-likeness (QED) is 0.790. The number of nitrogens with two attached hydrogens (primary N) is 1. The molecule has 0 radical (unpaired) electrons. The molecule has 1 aliphatic heterocycles. The van der Waals surface area contributed by atoms with Crippen LogP contribution in [-0.4, -0.2) is 37.1 Å². The minimum absolute atomic E-state index is 0.424. The summed E-state index contributed by atoms with van der Waals surface area (Å²) in [4.78, 5) is 13.2. The zero-order valence-corrected chi connectivity index (χ0v) is 12.2. The van der Waals surface area contributed by atoms with Crippen LogP contribution < -0.4 is 16.4 Å². The van der Waals surface area contributed by atoms with Crippen molar-refractivity contribution in [3.63, 3.8) is 0 Å². The Hall–Kier alpha value is -1.75. The first-order valence-corrected chi connectivity index (χ1v) is 7.16. The summed E-state index contributed by atoms with van der Waals surface area (Å²) in [6, 6.07) is 7.55. The first kappa shape index (κ1) is 14.7. The predicted molar refractivity (Wildman–Crippen MR) is 83.0 cm³/mol. The molecule has 1 saturated heterocycles. The van der Waals surface area contributed by atoms with Crippen molar-refractivity contribution in [2.24, 2.45) is 11.7 Å². The summed E-state index contributed by atoms with van der Waals surface area (Å²) in [7, 11) is 2.17. The summed E-state index contributed by atoms with van der Waals surface area (Å²) in [6.45, 7) is 4.56. The second kappa shape index (κ2) is 6.61. The number of nitrogens with one attached hydrogen (secondary N) is 2. The Balaban J connectivity index is 1.93. The lowest BCUT2D eigenvalue weighted by Crippen LogP contribution is -2.37. The van der Waals surface area contributed by atoms with E-state index in [2.05, 4.69) is 29.5 Å². The van der Waals surface area contributed by atoms with Crippen LogP contribution in [0.4, 0.5) is 16.2 Å². The van der Waals surface area contributed by atoms with E-state index in [1.54, 1.807) is 0 Å². The second-order valence-electron chi connectivity index (χ2n) is 5.64. The number of urea groups is 1. The molecule has 1 aromatic carbocycles. The largest absolute Gasteiger partial charge is 0.382 e. The molecule has 0 bridgehead atoms. The van der Waals surface area contributed by atoms with Gasteiger partial charge in [-0.15, -0.1) is 0 Å². The van der Waals surface area contributed by atoms with Gasteiger partial charge in [0.2, 0.25) is 0 Å². The molecule has 110 valence electrons. The summed E-state index contributed by atoms with van der Waals surface area (Å²) in [5, 5.41) is 6.13. The number of carbonyl (C=O) groups excluding carboxylic acids is 1. The molecular weight excluding hydrogens is 252 g/mol. The summed E-state index contributed by atoms with van der Waals surface area (Å²) in [5.41, 5.74) is 6.87. The highest BCUT2D eigenvalue weighted by Crippen LogP contribution is 2.23. The molecule has 0 spiro atoms. The highest BCUT2D eigenvalue weighted by Gasteiger charge is 2.22. The molecule has 5 nitrogen and oxygen atoms in total. The third kappa shape index (κ3) is 4.13. The molecule has 20 heavy (non-hydrogen) atoms. The van der Waals surface area contributed by atoms with Crippen molar-refractivity contribution in [2.45, 2.75) is 25.8 Å². The maximum Gasteiger partial charge on any atom is 0.316 e. The SMILES string of the molecule is CC(Nc1cccc(NC(N)=O)c1)C1CCN(C)CC1. The third-order valence-corrected chi connectivity index (χ3v) is 3.99. The highest BCUT2D eigenvalue weighted by atomic mass is 16.2. The first-order chi connectivity index (χ1) is 9.54. The number of benzene rings is 1. The van der Waals surface area contributed by atoms with Crippen LogP contribution in [0.15, 0.2) is 24.3 Å². The van der Waals surface area contributed by atoms with Crippen molar-refractivity contribution >= 4 is 17.4 Å². The number of carbonyl (C=O) groups is 1. The number of hydrogen-bond donors (Lipinski definition) is 3. The molecule has 1 aromatic rings. The first-order valence-electron chi connectivity index (χ1n) is 7.16. The lowest BCUT2D eigenvalue weighted by atomic mass is 9.90. The fraction of sp³-hybridized carbons (Fsp3) is 0.533. The average molecular weight is 276 g/mol.